The Morgan fingerprint density at radius 1 is 1.11 bits per heavy atom. The fourth-order valence-corrected chi connectivity index (χ4v) is 5.55. The molecule has 9 heteroatoms. The van der Waals surface area contributed by atoms with Crippen LogP contribution in [0.1, 0.15) is 29.7 Å². The van der Waals surface area contributed by atoms with E-state index in [1.807, 2.05) is 37.3 Å². The first-order chi connectivity index (χ1) is 18.2. The van der Waals surface area contributed by atoms with Gasteiger partial charge in [0.15, 0.2) is 0 Å². The largest absolute Gasteiger partial charge is 0.508 e. The minimum Gasteiger partial charge on any atom is -0.508 e. The molecule has 1 saturated heterocycles. The standard InChI is InChI=1S/C29H31FN2O5S/c1-19-26-15-24(33)8-11-27(26)37-29(28(19)22-4-3-5-23(14-22)31-38(2,34)35)21-6-9-25(10-7-21)36-13-12-32-17-20(16-30)18-32/h3-11,14-15,20,29,31,33H,12-13,16-18H2,1-2H3/t29-/m0/s1. The summed E-state index contributed by atoms with van der Waals surface area (Å²) in [5, 5.41) is 10.1. The van der Waals surface area contributed by atoms with Crippen molar-refractivity contribution in [3.63, 3.8) is 0 Å². The average Bonchev–Trinajstić information content (AvgIpc) is 2.85. The van der Waals surface area contributed by atoms with Crippen LogP contribution in [-0.2, 0) is 10.0 Å². The van der Waals surface area contributed by atoms with Gasteiger partial charge in [-0.05, 0) is 66.1 Å². The Hall–Kier alpha value is -3.56. The molecule has 0 saturated carbocycles. The van der Waals surface area contributed by atoms with Crippen molar-refractivity contribution < 1.29 is 27.4 Å². The maximum absolute atomic E-state index is 12.6. The number of phenolic OH excluding ortho intramolecular Hbond substituents is 1. The van der Waals surface area contributed by atoms with Gasteiger partial charge in [-0.2, -0.15) is 0 Å². The Morgan fingerprint density at radius 3 is 2.58 bits per heavy atom. The molecule has 0 aliphatic carbocycles. The van der Waals surface area contributed by atoms with Gasteiger partial charge in [0.25, 0.3) is 0 Å². The van der Waals surface area contributed by atoms with E-state index in [4.69, 9.17) is 9.47 Å². The van der Waals surface area contributed by atoms with Gasteiger partial charge in [-0.25, -0.2) is 8.42 Å². The van der Waals surface area contributed by atoms with Crippen molar-refractivity contribution in [2.75, 3.05) is 43.9 Å². The highest BCUT2D eigenvalue weighted by Gasteiger charge is 2.30. The molecule has 2 N–H and O–H groups in total. The number of nitrogens with zero attached hydrogens (tertiary/aromatic N) is 1. The lowest BCUT2D eigenvalue weighted by Crippen LogP contribution is -2.49. The highest BCUT2D eigenvalue weighted by molar-refractivity contribution is 7.92. The Labute approximate surface area is 222 Å². The summed E-state index contributed by atoms with van der Waals surface area (Å²) in [5.74, 6) is 1.68. The van der Waals surface area contributed by atoms with Crippen LogP contribution in [0.3, 0.4) is 0 Å². The number of alkyl halides is 1. The topological polar surface area (TPSA) is 88.1 Å². The lowest BCUT2D eigenvalue weighted by Gasteiger charge is -2.37. The second kappa shape index (κ2) is 10.7. The fraction of sp³-hybridized carbons (Fsp3) is 0.310. The number of likely N-dealkylation sites (tertiary alicyclic amines) is 1. The quantitative estimate of drug-likeness (QED) is 0.394. The summed E-state index contributed by atoms with van der Waals surface area (Å²) in [5.41, 5.74) is 4.73. The van der Waals surface area contributed by atoms with Crippen LogP contribution in [0.4, 0.5) is 10.1 Å². The number of hydrogen-bond donors (Lipinski definition) is 2. The van der Waals surface area contributed by atoms with Gasteiger partial charge in [0, 0.05) is 42.4 Å². The Morgan fingerprint density at radius 2 is 1.87 bits per heavy atom. The minimum atomic E-state index is -3.44. The molecule has 3 aromatic carbocycles. The zero-order chi connectivity index (χ0) is 26.9. The predicted octanol–water partition coefficient (Wildman–Crippen LogP) is 5.11. The first kappa shape index (κ1) is 26.1. The molecule has 0 unspecified atom stereocenters. The molecule has 2 aliphatic rings. The van der Waals surface area contributed by atoms with Crippen molar-refractivity contribution in [2.24, 2.45) is 5.92 Å². The molecule has 2 aliphatic heterocycles. The van der Waals surface area contributed by atoms with E-state index in [1.54, 1.807) is 36.4 Å². The van der Waals surface area contributed by atoms with Gasteiger partial charge in [0.05, 0.1) is 12.9 Å². The van der Waals surface area contributed by atoms with E-state index < -0.39 is 16.1 Å². The highest BCUT2D eigenvalue weighted by Crippen LogP contribution is 2.47. The predicted molar refractivity (Wildman–Crippen MR) is 147 cm³/mol. The molecule has 7 nitrogen and oxygen atoms in total. The monoisotopic (exact) mass is 538 g/mol. The van der Waals surface area contributed by atoms with Gasteiger partial charge >= 0.3 is 0 Å². The third-order valence-corrected chi connectivity index (χ3v) is 7.47. The van der Waals surface area contributed by atoms with Crippen LogP contribution >= 0.6 is 0 Å². The van der Waals surface area contributed by atoms with E-state index in [2.05, 4.69) is 9.62 Å². The molecule has 0 aromatic heterocycles. The number of hydrogen-bond acceptors (Lipinski definition) is 6. The fourth-order valence-electron chi connectivity index (χ4n) is 5.00. The summed E-state index contributed by atoms with van der Waals surface area (Å²) < 4.78 is 51.2. The summed E-state index contributed by atoms with van der Waals surface area (Å²) in [6, 6.07) is 19.9. The molecule has 0 spiro atoms. The number of aromatic hydroxyl groups is 1. The lowest BCUT2D eigenvalue weighted by atomic mass is 9.86. The molecule has 2 heterocycles. The Bertz CT molecular complexity index is 1450. The SMILES string of the molecule is CC1=C(c2cccc(NS(C)(=O)=O)c2)[C@H](c2ccc(OCCN3CC(CF)C3)cc2)Oc2ccc(O)cc21. The Kier molecular flexibility index (Phi) is 7.32. The molecule has 1 atom stereocenters. The van der Waals surface area contributed by atoms with E-state index in [0.717, 1.165) is 59.5 Å². The number of fused-ring (bicyclic) bond motifs is 1. The van der Waals surface area contributed by atoms with Crippen molar-refractivity contribution in [2.45, 2.75) is 13.0 Å². The number of ether oxygens (including phenoxy) is 2. The van der Waals surface area contributed by atoms with Gasteiger partial charge in [-0.3, -0.25) is 14.0 Å². The van der Waals surface area contributed by atoms with Crippen LogP contribution in [0.2, 0.25) is 0 Å². The van der Waals surface area contributed by atoms with Gasteiger partial charge in [0.2, 0.25) is 10.0 Å². The van der Waals surface area contributed by atoms with Crippen LogP contribution < -0.4 is 14.2 Å². The molecule has 5 rings (SSSR count). The van der Waals surface area contributed by atoms with E-state index >= 15 is 0 Å². The van der Waals surface area contributed by atoms with E-state index in [9.17, 15) is 17.9 Å². The molecule has 200 valence electrons. The van der Waals surface area contributed by atoms with Crippen molar-refractivity contribution in [1.29, 1.82) is 0 Å². The number of rotatable bonds is 9. The van der Waals surface area contributed by atoms with E-state index in [-0.39, 0.29) is 18.3 Å². The lowest BCUT2D eigenvalue weighted by molar-refractivity contribution is 0.0668. The normalized spacial score (nSPS) is 17.9. The van der Waals surface area contributed by atoms with Gasteiger partial charge in [0.1, 0.15) is 30.0 Å². The third-order valence-electron chi connectivity index (χ3n) is 6.87. The maximum Gasteiger partial charge on any atom is 0.229 e. The van der Waals surface area contributed by atoms with E-state index in [1.165, 1.54) is 0 Å². The molecule has 3 aromatic rings. The number of nitrogens with one attached hydrogen (secondary N) is 1. The van der Waals surface area contributed by atoms with Crippen molar-refractivity contribution in [3.8, 4) is 17.2 Å². The van der Waals surface area contributed by atoms with Crippen LogP contribution in [-0.4, -0.2) is 57.6 Å². The highest BCUT2D eigenvalue weighted by atomic mass is 32.2. The number of halogens is 1. The van der Waals surface area contributed by atoms with Gasteiger partial charge in [-0.1, -0.05) is 24.3 Å². The first-order valence-electron chi connectivity index (χ1n) is 12.5. The second-order valence-corrected chi connectivity index (χ2v) is 11.6. The number of sulfonamides is 1. The maximum atomic E-state index is 12.6. The Balaban J connectivity index is 1.42. The molecule has 38 heavy (non-hydrogen) atoms. The second-order valence-electron chi connectivity index (χ2n) is 9.87. The van der Waals surface area contributed by atoms with Crippen molar-refractivity contribution >= 4 is 26.9 Å². The number of allylic oxidation sites excluding steroid dienone is 1. The summed E-state index contributed by atoms with van der Waals surface area (Å²) in [7, 11) is -3.44. The van der Waals surface area contributed by atoms with Crippen LogP contribution in [0, 0.1) is 5.92 Å². The molecule has 0 bridgehead atoms. The van der Waals surface area contributed by atoms with E-state index in [0.29, 0.717) is 18.0 Å². The smallest absolute Gasteiger partial charge is 0.229 e. The van der Waals surface area contributed by atoms with Crippen LogP contribution in [0.25, 0.3) is 11.1 Å². The summed E-state index contributed by atoms with van der Waals surface area (Å²) in [6.45, 7) is 4.57. The summed E-state index contributed by atoms with van der Waals surface area (Å²) >= 11 is 0. The van der Waals surface area contributed by atoms with Crippen molar-refractivity contribution in [3.05, 3.63) is 83.4 Å². The zero-order valence-electron chi connectivity index (χ0n) is 21.4. The summed E-state index contributed by atoms with van der Waals surface area (Å²) in [6.07, 6.45) is 0.650. The molecule has 0 radical (unpaired) electrons. The number of anilines is 1. The minimum absolute atomic E-state index is 0.136. The molecular weight excluding hydrogens is 507 g/mol. The number of phenols is 1. The van der Waals surface area contributed by atoms with Gasteiger partial charge in [-0.15, -0.1) is 0 Å². The zero-order valence-corrected chi connectivity index (χ0v) is 22.2. The van der Waals surface area contributed by atoms with Gasteiger partial charge < -0.3 is 14.6 Å². The van der Waals surface area contributed by atoms with Crippen molar-refractivity contribution in [1.82, 2.24) is 4.90 Å². The third kappa shape index (κ3) is 5.79. The molecular formula is C29H31FN2O5S. The molecule has 0 amide bonds. The average molecular weight is 539 g/mol. The number of benzene rings is 3. The van der Waals surface area contributed by atoms with Crippen LogP contribution in [0.5, 0.6) is 17.2 Å². The molecule has 1 fully saturated rings. The first-order valence-corrected chi connectivity index (χ1v) is 14.4. The van der Waals surface area contributed by atoms with Crippen LogP contribution in [0.15, 0.2) is 66.7 Å². The summed E-state index contributed by atoms with van der Waals surface area (Å²) in [4.78, 5) is 2.18.